The van der Waals surface area contributed by atoms with Gasteiger partial charge < -0.3 is 5.32 Å². The molecule has 0 spiro atoms. The normalized spacial score (nSPS) is 26.2. The Morgan fingerprint density at radius 1 is 1.10 bits per heavy atom. The van der Waals surface area contributed by atoms with Crippen LogP contribution in [-0.2, 0) is 0 Å². The Kier molecular flexibility index (Phi) is 6.10. The van der Waals surface area contributed by atoms with Crippen molar-refractivity contribution in [3.05, 3.63) is 0 Å². The SMILES string of the molecule is CC(C)CC1CNC(C(C)(C)C)CN1CCC(C)(C)C. The van der Waals surface area contributed by atoms with Crippen molar-refractivity contribution in [1.29, 1.82) is 0 Å². The van der Waals surface area contributed by atoms with Crippen LogP contribution < -0.4 is 5.32 Å². The lowest BCUT2D eigenvalue weighted by Gasteiger charge is -2.46. The van der Waals surface area contributed by atoms with Gasteiger partial charge in [-0.3, -0.25) is 4.90 Å². The van der Waals surface area contributed by atoms with Crippen LogP contribution in [0.1, 0.15) is 68.2 Å². The first-order chi connectivity index (χ1) is 8.99. The zero-order chi connectivity index (χ0) is 15.6. The Morgan fingerprint density at radius 3 is 2.15 bits per heavy atom. The quantitative estimate of drug-likeness (QED) is 0.833. The van der Waals surface area contributed by atoms with E-state index in [1.165, 1.54) is 25.9 Å². The number of rotatable bonds is 4. The van der Waals surface area contributed by atoms with Gasteiger partial charge in [-0.25, -0.2) is 0 Å². The molecule has 1 aliphatic rings. The van der Waals surface area contributed by atoms with E-state index in [0.29, 0.717) is 16.9 Å². The lowest BCUT2D eigenvalue weighted by molar-refractivity contribution is 0.0663. The van der Waals surface area contributed by atoms with Gasteiger partial charge in [0.1, 0.15) is 0 Å². The molecule has 1 rings (SSSR count). The van der Waals surface area contributed by atoms with Gasteiger partial charge in [0.25, 0.3) is 0 Å². The third kappa shape index (κ3) is 6.13. The Morgan fingerprint density at radius 2 is 1.70 bits per heavy atom. The highest BCUT2D eigenvalue weighted by atomic mass is 15.2. The second kappa shape index (κ2) is 6.79. The van der Waals surface area contributed by atoms with Crippen LogP contribution in [-0.4, -0.2) is 36.6 Å². The van der Waals surface area contributed by atoms with Crippen LogP contribution in [0.25, 0.3) is 0 Å². The van der Waals surface area contributed by atoms with E-state index in [-0.39, 0.29) is 0 Å². The number of piperazine rings is 1. The summed E-state index contributed by atoms with van der Waals surface area (Å²) in [6.45, 7) is 22.4. The van der Waals surface area contributed by atoms with Gasteiger partial charge in [0.2, 0.25) is 0 Å². The first-order valence-electron chi connectivity index (χ1n) is 8.46. The van der Waals surface area contributed by atoms with Crippen LogP contribution in [0, 0.1) is 16.7 Å². The molecule has 0 amide bonds. The van der Waals surface area contributed by atoms with E-state index in [4.69, 9.17) is 0 Å². The molecule has 1 aliphatic heterocycles. The van der Waals surface area contributed by atoms with Crippen molar-refractivity contribution in [2.24, 2.45) is 16.7 Å². The smallest absolute Gasteiger partial charge is 0.0244 e. The molecule has 2 unspecified atom stereocenters. The third-order valence-corrected chi connectivity index (χ3v) is 4.47. The first-order valence-corrected chi connectivity index (χ1v) is 8.46. The fourth-order valence-electron chi connectivity index (χ4n) is 2.97. The maximum absolute atomic E-state index is 3.80. The fraction of sp³-hybridized carbons (Fsp3) is 1.00. The van der Waals surface area contributed by atoms with E-state index in [9.17, 15) is 0 Å². The van der Waals surface area contributed by atoms with Crippen molar-refractivity contribution in [2.75, 3.05) is 19.6 Å². The molecule has 1 N–H and O–H groups in total. The fourth-order valence-corrected chi connectivity index (χ4v) is 2.97. The van der Waals surface area contributed by atoms with Crippen molar-refractivity contribution in [2.45, 2.75) is 80.3 Å². The van der Waals surface area contributed by atoms with E-state index in [1.807, 2.05) is 0 Å². The summed E-state index contributed by atoms with van der Waals surface area (Å²) >= 11 is 0. The molecule has 0 aliphatic carbocycles. The minimum absolute atomic E-state index is 0.350. The minimum Gasteiger partial charge on any atom is -0.311 e. The first kappa shape index (κ1) is 18.0. The van der Waals surface area contributed by atoms with Crippen LogP contribution in [0.4, 0.5) is 0 Å². The van der Waals surface area contributed by atoms with Crippen molar-refractivity contribution in [1.82, 2.24) is 10.2 Å². The van der Waals surface area contributed by atoms with E-state index in [0.717, 1.165) is 18.5 Å². The maximum atomic E-state index is 3.80. The summed E-state index contributed by atoms with van der Waals surface area (Å²) in [5.74, 6) is 0.783. The minimum atomic E-state index is 0.350. The van der Waals surface area contributed by atoms with Gasteiger partial charge in [-0.15, -0.1) is 0 Å². The van der Waals surface area contributed by atoms with Crippen LogP contribution >= 0.6 is 0 Å². The summed E-state index contributed by atoms with van der Waals surface area (Å²) in [6.07, 6.45) is 2.60. The number of nitrogens with one attached hydrogen (secondary N) is 1. The number of hydrogen-bond acceptors (Lipinski definition) is 2. The average molecular weight is 283 g/mol. The van der Waals surface area contributed by atoms with Crippen LogP contribution in [0.2, 0.25) is 0 Å². The molecule has 1 fully saturated rings. The molecule has 0 bridgehead atoms. The maximum Gasteiger partial charge on any atom is 0.0244 e. The van der Waals surface area contributed by atoms with Gasteiger partial charge in [-0.2, -0.15) is 0 Å². The molecule has 1 saturated heterocycles. The average Bonchev–Trinajstić information content (AvgIpc) is 2.24. The van der Waals surface area contributed by atoms with Gasteiger partial charge in [0, 0.05) is 25.2 Å². The van der Waals surface area contributed by atoms with Gasteiger partial charge in [-0.1, -0.05) is 55.4 Å². The molecule has 2 atom stereocenters. The topological polar surface area (TPSA) is 15.3 Å². The van der Waals surface area contributed by atoms with Crippen LogP contribution in [0.15, 0.2) is 0 Å². The molecule has 0 saturated carbocycles. The second-order valence-corrected chi connectivity index (χ2v) is 9.42. The van der Waals surface area contributed by atoms with E-state index in [1.54, 1.807) is 0 Å². The predicted octanol–water partition coefficient (Wildman–Crippen LogP) is 4.16. The summed E-state index contributed by atoms with van der Waals surface area (Å²) in [4.78, 5) is 2.76. The molecule has 2 heteroatoms. The van der Waals surface area contributed by atoms with Crippen LogP contribution in [0.5, 0.6) is 0 Å². The van der Waals surface area contributed by atoms with Gasteiger partial charge in [0.15, 0.2) is 0 Å². The molecule has 1 heterocycles. The van der Waals surface area contributed by atoms with Gasteiger partial charge in [0.05, 0.1) is 0 Å². The van der Waals surface area contributed by atoms with E-state index < -0.39 is 0 Å². The van der Waals surface area contributed by atoms with E-state index >= 15 is 0 Å². The molecule has 120 valence electrons. The van der Waals surface area contributed by atoms with Gasteiger partial charge in [-0.05, 0) is 36.1 Å². The summed E-state index contributed by atoms with van der Waals surface area (Å²) in [7, 11) is 0. The molecule has 0 aromatic heterocycles. The largest absolute Gasteiger partial charge is 0.311 e. The molecular formula is C18H38N2. The molecule has 0 aromatic carbocycles. The Labute approximate surface area is 127 Å². The third-order valence-electron chi connectivity index (χ3n) is 4.47. The second-order valence-electron chi connectivity index (χ2n) is 9.42. The lowest BCUT2D eigenvalue weighted by atomic mass is 9.83. The summed E-state index contributed by atoms with van der Waals surface area (Å²) in [6, 6.07) is 1.34. The Bertz CT molecular complexity index is 283. The Hall–Kier alpha value is -0.0800. The van der Waals surface area contributed by atoms with Crippen molar-refractivity contribution >= 4 is 0 Å². The highest BCUT2D eigenvalue weighted by Crippen LogP contribution is 2.27. The number of hydrogen-bond donors (Lipinski definition) is 1. The zero-order valence-electron chi connectivity index (χ0n) is 15.2. The summed E-state index contributed by atoms with van der Waals surface area (Å²) in [5, 5.41) is 3.80. The molecule has 2 nitrogen and oxygen atoms in total. The molecule has 20 heavy (non-hydrogen) atoms. The summed E-state index contributed by atoms with van der Waals surface area (Å²) in [5.41, 5.74) is 0.785. The van der Waals surface area contributed by atoms with E-state index in [2.05, 4.69) is 65.6 Å². The number of nitrogens with zero attached hydrogens (tertiary/aromatic N) is 1. The monoisotopic (exact) mass is 282 g/mol. The lowest BCUT2D eigenvalue weighted by Crippen LogP contribution is -2.60. The Balaban J connectivity index is 2.67. The van der Waals surface area contributed by atoms with Gasteiger partial charge >= 0.3 is 0 Å². The molecular weight excluding hydrogens is 244 g/mol. The zero-order valence-corrected chi connectivity index (χ0v) is 15.2. The van der Waals surface area contributed by atoms with Crippen molar-refractivity contribution in [3.63, 3.8) is 0 Å². The highest BCUT2D eigenvalue weighted by Gasteiger charge is 2.34. The summed E-state index contributed by atoms with van der Waals surface area (Å²) < 4.78 is 0. The van der Waals surface area contributed by atoms with Crippen LogP contribution in [0.3, 0.4) is 0 Å². The van der Waals surface area contributed by atoms with Crippen molar-refractivity contribution < 1.29 is 0 Å². The molecule has 0 aromatic rings. The van der Waals surface area contributed by atoms with Crippen molar-refractivity contribution in [3.8, 4) is 0 Å². The standard InChI is InChI=1S/C18H38N2/c1-14(2)11-15-12-19-16(18(6,7)8)13-20(15)10-9-17(3,4)5/h14-16,19H,9-13H2,1-8H3. The highest BCUT2D eigenvalue weighted by molar-refractivity contribution is 4.92. The molecule has 0 radical (unpaired) electrons. The predicted molar refractivity (Wildman–Crippen MR) is 90.1 cm³/mol.